The Kier molecular flexibility index (Phi) is 3.73. The van der Waals surface area contributed by atoms with Gasteiger partial charge in [0.05, 0.1) is 4.90 Å². The van der Waals surface area contributed by atoms with E-state index in [0.29, 0.717) is 5.02 Å². The van der Waals surface area contributed by atoms with Crippen molar-refractivity contribution in [2.75, 3.05) is 0 Å². The second kappa shape index (κ2) is 4.94. The van der Waals surface area contributed by atoms with Gasteiger partial charge >= 0.3 is 0 Å². The van der Waals surface area contributed by atoms with Crippen LogP contribution in [-0.2, 0) is 10.0 Å². The summed E-state index contributed by atoms with van der Waals surface area (Å²) in [6.45, 7) is 0. The lowest BCUT2D eigenvalue weighted by molar-refractivity contribution is 0.522. The summed E-state index contributed by atoms with van der Waals surface area (Å²) in [6, 6.07) is 5.95. The molecule has 1 saturated carbocycles. The molecule has 17 heavy (non-hydrogen) atoms. The van der Waals surface area contributed by atoms with Crippen LogP contribution in [0.2, 0.25) is 5.02 Å². The molecule has 1 fully saturated rings. The minimum Gasteiger partial charge on any atom is -0.326 e. The van der Waals surface area contributed by atoms with E-state index in [0.717, 1.165) is 19.3 Å². The number of halogens is 1. The van der Waals surface area contributed by atoms with Crippen LogP contribution in [0.5, 0.6) is 0 Å². The van der Waals surface area contributed by atoms with Gasteiger partial charge in [0.2, 0.25) is 10.0 Å². The van der Waals surface area contributed by atoms with Crippen LogP contribution in [0.25, 0.3) is 0 Å². The lowest BCUT2D eigenvalue weighted by Crippen LogP contribution is -2.43. The molecule has 2 atom stereocenters. The van der Waals surface area contributed by atoms with E-state index in [9.17, 15) is 8.42 Å². The quantitative estimate of drug-likeness (QED) is 0.877. The van der Waals surface area contributed by atoms with Crippen molar-refractivity contribution in [3.8, 4) is 0 Å². The van der Waals surface area contributed by atoms with Crippen LogP contribution in [0.4, 0.5) is 0 Å². The van der Waals surface area contributed by atoms with E-state index < -0.39 is 10.0 Å². The van der Waals surface area contributed by atoms with E-state index in [4.69, 9.17) is 17.3 Å². The number of sulfonamides is 1. The third-order valence-corrected chi connectivity index (χ3v) is 4.71. The molecule has 0 bridgehead atoms. The summed E-state index contributed by atoms with van der Waals surface area (Å²) < 4.78 is 26.8. The van der Waals surface area contributed by atoms with Crippen LogP contribution >= 0.6 is 11.6 Å². The number of rotatable bonds is 3. The van der Waals surface area contributed by atoms with Crippen LogP contribution in [0.3, 0.4) is 0 Å². The van der Waals surface area contributed by atoms with Gasteiger partial charge in [0.15, 0.2) is 0 Å². The maximum atomic E-state index is 12.1. The lowest BCUT2D eigenvalue weighted by Gasteiger charge is -2.17. The van der Waals surface area contributed by atoms with Crippen LogP contribution in [-0.4, -0.2) is 20.5 Å². The monoisotopic (exact) mass is 274 g/mol. The molecule has 0 aliphatic heterocycles. The molecule has 2 unspecified atom stereocenters. The topological polar surface area (TPSA) is 72.2 Å². The SMILES string of the molecule is NC1CCCC1NS(=O)(=O)c1cccc(Cl)c1. The van der Waals surface area contributed by atoms with Gasteiger partial charge in [0.1, 0.15) is 0 Å². The van der Waals surface area contributed by atoms with E-state index in [1.807, 2.05) is 0 Å². The normalized spacial score (nSPS) is 25.1. The Morgan fingerprint density at radius 2 is 2.12 bits per heavy atom. The van der Waals surface area contributed by atoms with Crippen molar-refractivity contribution < 1.29 is 8.42 Å². The van der Waals surface area contributed by atoms with E-state index in [1.165, 1.54) is 12.1 Å². The molecule has 0 amide bonds. The van der Waals surface area contributed by atoms with Crippen molar-refractivity contribution in [2.45, 2.75) is 36.2 Å². The number of hydrogen-bond donors (Lipinski definition) is 2. The number of nitrogens with one attached hydrogen (secondary N) is 1. The number of hydrogen-bond acceptors (Lipinski definition) is 3. The van der Waals surface area contributed by atoms with Crippen molar-refractivity contribution in [3.05, 3.63) is 29.3 Å². The maximum Gasteiger partial charge on any atom is 0.240 e. The summed E-state index contributed by atoms with van der Waals surface area (Å²) in [5, 5.41) is 0.406. The molecule has 0 aromatic heterocycles. The molecule has 4 nitrogen and oxygen atoms in total. The Morgan fingerprint density at radius 1 is 1.35 bits per heavy atom. The summed E-state index contributed by atoms with van der Waals surface area (Å²) >= 11 is 5.78. The molecule has 0 radical (unpaired) electrons. The Morgan fingerprint density at radius 3 is 2.71 bits per heavy atom. The average Bonchev–Trinajstić information content (AvgIpc) is 2.64. The summed E-state index contributed by atoms with van der Waals surface area (Å²) in [5.74, 6) is 0. The highest BCUT2D eigenvalue weighted by atomic mass is 35.5. The first kappa shape index (κ1) is 12.8. The first-order valence-electron chi connectivity index (χ1n) is 5.52. The highest BCUT2D eigenvalue weighted by Gasteiger charge is 2.28. The second-order valence-electron chi connectivity index (χ2n) is 4.28. The molecule has 1 aromatic rings. The minimum absolute atomic E-state index is 0.0936. The predicted octanol–water partition coefficient (Wildman–Crippen LogP) is 1.50. The molecular formula is C11H15ClN2O2S. The highest BCUT2D eigenvalue weighted by Crippen LogP contribution is 2.21. The fraction of sp³-hybridized carbons (Fsp3) is 0.455. The van der Waals surface area contributed by atoms with E-state index in [-0.39, 0.29) is 17.0 Å². The third kappa shape index (κ3) is 2.98. The van der Waals surface area contributed by atoms with Gasteiger partial charge in [-0.1, -0.05) is 24.1 Å². The molecular weight excluding hydrogens is 260 g/mol. The summed E-state index contributed by atoms with van der Waals surface area (Å²) in [4.78, 5) is 0.184. The van der Waals surface area contributed by atoms with Crippen molar-refractivity contribution in [1.82, 2.24) is 4.72 Å². The smallest absolute Gasteiger partial charge is 0.240 e. The van der Waals surface area contributed by atoms with Gasteiger partial charge in [-0.2, -0.15) is 0 Å². The van der Waals surface area contributed by atoms with Gasteiger partial charge in [-0.25, -0.2) is 13.1 Å². The zero-order valence-corrected chi connectivity index (χ0v) is 10.8. The Balaban J connectivity index is 2.19. The lowest BCUT2D eigenvalue weighted by atomic mass is 10.2. The molecule has 1 aliphatic rings. The fourth-order valence-electron chi connectivity index (χ4n) is 2.04. The van der Waals surface area contributed by atoms with E-state index >= 15 is 0 Å². The molecule has 0 saturated heterocycles. The molecule has 1 aromatic carbocycles. The van der Waals surface area contributed by atoms with Crippen molar-refractivity contribution in [1.29, 1.82) is 0 Å². The zero-order valence-electron chi connectivity index (χ0n) is 9.27. The zero-order chi connectivity index (χ0) is 12.5. The van der Waals surface area contributed by atoms with Crippen molar-refractivity contribution >= 4 is 21.6 Å². The number of nitrogens with two attached hydrogens (primary N) is 1. The standard InChI is InChI=1S/C11H15ClN2O2S/c12-8-3-1-4-9(7-8)17(15,16)14-11-6-2-5-10(11)13/h1,3-4,7,10-11,14H,2,5-6,13H2. The van der Waals surface area contributed by atoms with Crippen LogP contribution in [0.15, 0.2) is 29.2 Å². The van der Waals surface area contributed by atoms with Gasteiger partial charge in [-0.15, -0.1) is 0 Å². The minimum atomic E-state index is -3.51. The molecule has 1 aliphatic carbocycles. The first-order chi connectivity index (χ1) is 7.99. The van der Waals surface area contributed by atoms with Gasteiger partial charge in [0.25, 0.3) is 0 Å². The molecule has 2 rings (SSSR count). The maximum absolute atomic E-state index is 12.1. The fourth-order valence-corrected chi connectivity index (χ4v) is 3.66. The molecule has 94 valence electrons. The summed E-state index contributed by atoms with van der Waals surface area (Å²) in [6.07, 6.45) is 2.62. The largest absolute Gasteiger partial charge is 0.326 e. The molecule has 0 spiro atoms. The van der Waals surface area contributed by atoms with Crippen LogP contribution < -0.4 is 10.5 Å². The van der Waals surface area contributed by atoms with Crippen molar-refractivity contribution in [3.63, 3.8) is 0 Å². The summed E-state index contributed by atoms with van der Waals surface area (Å²) in [5.41, 5.74) is 5.84. The van der Waals surface area contributed by atoms with Gasteiger partial charge < -0.3 is 5.73 Å². The molecule has 3 N–H and O–H groups in total. The molecule has 0 heterocycles. The summed E-state index contributed by atoms with van der Waals surface area (Å²) in [7, 11) is -3.51. The van der Waals surface area contributed by atoms with E-state index in [1.54, 1.807) is 12.1 Å². The predicted molar refractivity (Wildman–Crippen MR) is 67.4 cm³/mol. The van der Waals surface area contributed by atoms with Crippen molar-refractivity contribution in [2.24, 2.45) is 5.73 Å². The Hall–Kier alpha value is -0.620. The third-order valence-electron chi connectivity index (χ3n) is 2.98. The van der Waals surface area contributed by atoms with Gasteiger partial charge in [-0.05, 0) is 31.0 Å². The van der Waals surface area contributed by atoms with Gasteiger partial charge in [0, 0.05) is 17.1 Å². The Bertz CT molecular complexity index is 504. The number of benzene rings is 1. The average molecular weight is 275 g/mol. The van der Waals surface area contributed by atoms with Gasteiger partial charge in [-0.3, -0.25) is 0 Å². The van der Waals surface area contributed by atoms with Crippen LogP contribution in [0, 0.1) is 0 Å². The first-order valence-corrected chi connectivity index (χ1v) is 7.38. The van der Waals surface area contributed by atoms with Crippen LogP contribution in [0.1, 0.15) is 19.3 Å². The van der Waals surface area contributed by atoms with E-state index in [2.05, 4.69) is 4.72 Å². The molecule has 6 heteroatoms. The highest BCUT2D eigenvalue weighted by molar-refractivity contribution is 7.89. The Labute approximate surface area is 106 Å². The second-order valence-corrected chi connectivity index (χ2v) is 6.43.